The lowest BCUT2D eigenvalue weighted by molar-refractivity contribution is 0.0922. The van der Waals surface area contributed by atoms with Gasteiger partial charge in [-0.3, -0.25) is 0 Å². The molecule has 6 heteroatoms. The van der Waals surface area contributed by atoms with E-state index < -0.39 is 0 Å². The first-order valence-corrected chi connectivity index (χ1v) is 4.53. The fraction of sp³-hybridized carbons (Fsp3) is 0.857. The van der Waals surface area contributed by atoms with Crippen LogP contribution in [0.15, 0.2) is 0 Å². The Morgan fingerprint density at radius 3 is 2.92 bits per heavy atom. The van der Waals surface area contributed by atoms with Crippen molar-refractivity contribution in [1.29, 1.82) is 0 Å². The molecule has 3 heterocycles. The first-order chi connectivity index (χ1) is 6.34. The Hall–Kier alpha value is -1.17. The van der Waals surface area contributed by atoms with Gasteiger partial charge < -0.3 is 10.5 Å². The molecule has 1 aromatic heterocycles. The van der Waals surface area contributed by atoms with Gasteiger partial charge in [0.25, 0.3) is 0 Å². The number of hydrogen-bond acceptors (Lipinski definition) is 5. The molecule has 0 radical (unpaired) electrons. The fourth-order valence-electron chi connectivity index (χ4n) is 2.31. The summed E-state index contributed by atoms with van der Waals surface area (Å²) in [5, 5.41) is 11.1. The van der Waals surface area contributed by atoms with Gasteiger partial charge in [0.05, 0.1) is 18.2 Å². The average molecular weight is 181 g/mol. The van der Waals surface area contributed by atoms with Crippen molar-refractivity contribution in [2.24, 2.45) is 0 Å². The Morgan fingerprint density at radius 2 is 2.38 bits per heavy atom. The summed E-state index contributed by atoms with van der Waals surface area (Å²) in [5.74, 6) is 0.390. The molecule has 0 saturated carbocycles. The van der Waals surface area contributed by atoms with E-state index in [9.17, 15) is 0 Å². The van der Waals surface area contributed by atoms with Crippen LogP contribution in [0.4, 0.5) is 5.95 Å². The molecular weight excluding hydrogens is 170 g/mol. The molecule has 3 atom stereocenters. The summed E-state index contributed by atoms with van der Waals surface area (Å²) in [6.45, 7) is 0. The largest absolute Gasteiger partial charge is 0.373 e. The first-order valence-electron chi connectivity index (χ1n) is 4.53. The van der Waals surface area contributed by atoms with Gasteiger partial charge in [-0.25, -0.2) is 4.68 Å². The summed E-state index contributed by atoms with van der Waals surface area (Å²) in [6.07, 6.45) is 3.95. The molecule has 2 fully saturated rings. The van der Waals surface area contributed by atoms with Crippen LogP contribution < -0.4 is 5.73 Å². The zero-order chi connectivity index (χ0) is 8.84. The molecule has 0 spiro atoms. The third-order valence-electron chi connectivity index (χ3n) is 2.91. The number of nitrogens with two attached hydrogens (primary N) is 1. The highest BCUT2D eigenvalue weighted by Gasteiger charge is 2.43. The monoisotopic (exact) mass is 181 g/mol. The smallest absolute Gasteiger partial charge is 0.240 e. The number of tetrazole rings is 1. The van der Waals surface area contributed by atoms with Gasteiger partial charge in [0.1, 0.15) is 0 Å². The van der Waals surface area contributed by atoms with Crippen LogP contribution in [0.1, 0.15) is 25.3 Å². The second-order valence-electron chi connectivity index (χ2n) is 3.66. The maximum absolute atomic E-state index is 5.69. The van der Waals surface area contributed by atoms with Crippen LogP contribution in [0, 0.1) is 0 Å². The topological polar surface area (TPSA) is 78.9 Å². The molecular formula is C7H11N5O. The van der Waals surface area contributed by atoms with Gasteiger partial charge in [-0.1, -0.05) is 5.10 Å². The molecule has 2 aliphatic heterocycles. The number of ether oxygens (including phenoxy) is 1. The maximum Gasteiger partial charge on any atom is 0.240 e. The highest BCUT2D eigenvalue weighted by atomic mass is 16.5. The van der Waals surface area contributed by atoms with Crippen molar-refractivity contribution in [3.05, 3.63) is 0 Å². The van der Waals surface area contributed by atoms with Gasteiger partial charge in [-0.2, -0.15) is 0 Å². The molecule has 2 bridgehead atoms. The van der Waals surface area contributed by atoms with Crippen molar-refractivity contribution in [1.82, 2.24) is 20.2 Å². The third-order valence-corrected chi connectivity index (χ3v) is 2.91. The number of hydrogen-bond donors (Lipinski definition) is 1. The van der Waals surface area contributed by atoms with Gasteiger partial charge >= 0.3 is 0 Å². The van der Waals surface area contributed by atoms with Gasteiger partial charge in [-0.05, 0) is 29.7 Å². The van der Waals surface area contributed by atoms with Crippen LogP contribution in [0.3, 0.4) is 0 Å². The minimum atomic E-state index is 0.258. The molecule has 0 amide bonds. The van der Waals surface area contributed by atoms with Crippen LogP contribution in [0.25, 0.3) is 0 Å². The standard InChI is InChI=1S/C7H11N5O/c8-7-9-10-11-12(7)5-3-4-1-2-6(5)13-4/h4-6H,1-3H2,(H2,8,9,11). The Bertz CT molecular complexity index is 324. The zero-order valence-electron chi connectivity index (χ0n) is 7.13. The lowest BCUT2D eigenvalue weighted by Crippen LogP contribution is -2.23. The van der Waals surface area contributed by atoms with Crippen molar-refractivity contribution >= 4 is 5.95 Å². The van der Waals surface area contributed by atoms with Gasteiger partial charge in [-0.15, -0.1) is 0 Å². The van der Waals surface area contributed by atoms with E-state index in [4.69, 9.17) is 10.5 Å². The number of anilines is 1. The van der Waals surface area contributed by atoms with E-state index in [2.05, 4.69) is 15.5 Å². The van der Waals surface area contributed by atoms with Crippen molar-refractivity contribution in [2.75, 3.05) is 5.73 Å². The lowest BCUT2D eigenvalue weighted by atomic mass is 9.96. The Labute approximate surface area is 75.0 Å². The van der Waals surface area contributed by atoms with E-state index in [0.717, 1.165) is 12.8 Å². The predicted octanol–water partition coefficient (Wildman–Crippen LogP) is -0.252. The molecule has 1 aromatic rings. The molecule has 2 saturated heterocycles. The van der Waals surface area contributed by atoms with Crippen LogP contribution in [-0.2, 0) is 4.74 Å². The van der Waals surface area contributed by atoms with E-state index in [1.165, 1.54) is 6.42 Å². The summed E-state index contributed by atoms with van der Waals surface area (Å²) < 4.78 is 7.38. The SMILES string of the molecule is Nc1nnnn1C1CC2CCC1O2. The zero-order valence-corrected chi connectivity index (χ0v) is 7.13. The number of rotatable bonds is 1. The quantitative estimate of drug-likeness (QED) is 0.646. The van der Waals surface area contributed by atoms with Crippen LogP contribution in [0.2, 0.25) is 0 Å². The first kappa shape index (κ1) is 7.25. The van der Waals surface area contributed by atoms with E-state index in [1.807, 2.05) is 0 Å². The summed E-state index contributed by atoms with van der Waals surface area (Å²) in [4.78, 5) is 0. The normalized spacial score (nSPS) is 37.1. The average Bonchev–Trinajstić information content (AvgIpc) is 2.77. The second kappa shape index (κ2) is 2.41. The molecule has 3 rings (SSSR count). The molecule has 2 N–H and O–H groups in total. The van der Waals surface area contributed by atoms with Crippen molar-refractivity contribution < 1.29 is 4.74 Å². The van der Waals surface area contributed by atoms with Crippen molar-refractivity contribution in [2.45, 2.75) is 37.5 Å². The molecule has 0 aliphatic carbocycles. The van der Waals surface area contributed by atoms with Gasteiger partial charge in [0, 0.05) is 0 Å². The second-order valence-corrected chi connectivity index (χ2v) is 3.66. The fourth-order valence-corrected chi connectivity index (χ4v) is 2.31. The van der Waals surface area contributed by atoms with Crippen LogP contribution >= 0.6 is 0 Å². The third kappa shape index (κ3) is 0.949. The van der Waals surface area contributed by atoms with E-state index in [1.54, 1.807) is 4.68 Å². The Kier molecular flexibility index (Phi) is 1.35. The minimum Gasteiger partial charge on any atom is -0.373 e. The van der Waals surface area contributed by atoms with Crippen LogP contribution in [0.5, 0.6) is 0 Å². The molecule has 0 aromatic carbocycles. The summed E-state index contributed by atoms with van der Waals surface area (Å²) >= 11 is 0. The maximum atomic E-state index is 5.69. The van der Waals surface area contributed by atoms with Gasteiger partial charge in [0.15, 0.2) is 0 Å². The predicted molar refractivity (Wildman–Crippen MR) is 43.8 cm³/mol. The van der Waals surface area contributed by atoms with E-state index >= 15 is 0 Å². The van der Waals surface area contributed by atoms with Gasteiger partial charge in [0.2, 0.25) is 5.95 Å². The highest BCUT2D eigenvalue weighted by molar-refractivity contribution is 5.13. The summed E-state index contributed by atoms with van der Waals surface area (Å²) in [6, 6.07) is 0.258. The number of nitrogens with zero attached hydrogens (tertiary/aromatic N) is 4. The molecule has 70 valence electrons. The number of fused-ring (bicyclic) bond motifs is 2. The Balaban J connectivity index is 1.91. The molecule has 6 nitrogen and oxygen atoms in total. The minimum absolute atomic E-state index is 0.258. The van der Waals surface area contributed by atoms with Crippen LogP contribution in [-0.4, -0.2) is 32.4 Å². The summed E-state index contributed by atoms with van der Waals surface area (Å²) in [5.41, 5.74) is 5.62. The number of nitrogen functional groups attached to an aromatic ring is 1. The molecule has 2 aliphatic rings. The van der Waals surface area contributed by atoms with E-state index in [0.29, 0.717) is 12.1 Å². The van der Waals surface area contributed by atoms with Crippen molar-refractivity contribution in [3.63, 3.8) is 0 Å². The number of aromatic nitrogens is 4. The van der Waals surface area contributed by atoms with E-state index in [-0.39, 0.29) is 12.1 Å². The van der Waals surface area contributed by atoms with Crippen molar-refractivity contribution in [3.8, 4) is 0 Å². The lowest BCUT2D eigenvalue weighted by Gasteiger charge is -2.18. The summed E-state index contributed by atoms with van der Waals surface area (Å²) in [7, 11) is 0. The molecule has 13 heavy (non-hydrogen) atoms. The Morgan fingerprint density at radius 1 is 1.46 bits per heavy atom. The highest BCUT2D eigenvalue weighted by Crippen LogP contribution is 2.41. The molecule has 3 unspecified atom stereocenters.